The lowest BCUT2D eigenvalue weighted by Crippen LogP contribution is -2.11. The number of rotatable bonds is 4. The molecule has 0 fully saturated rings. The van der Waals surface area contributed by atoms with Crippen molar-refractivity contribution in [2.45, 2.75) is 18.9 Å². The SMILES string of the molecule is NC(CCc1ccsc1)c1cccc(Br)c1Cl. The van der Waals surface area contributed by atoms with Gasteiger partial charge in [-0.3, -0.25) is 0 Å². The highest BCUT2D eigenvalue weighted by Gasteiger charge is 2.12. The molecule has 0 saturated carbocycles. The third-order valence-electron chi connectivity index (χ3n) is 2.71. The van der Waals surface area contributed by atoms with Crippen LogP contribution in [0, 0.1) is 0 Å². The van der Waals surface area contributed by atoms with E-state index >= 15 is 0 Å². The molecule has 0 aliphatic carbocycles. The fourth-order valence-corrected chi connectivity index (χ4v) is 3.07. The number of halogens is 2. The summed E-state index contributed by atoms with van der Waals surface area (Å²) in [5.41, 5.74) is 8.53. The van der Waals surface area contributed by atoms with E-state index in [-0.39, 0.29) is 6.04 Å². The van der Waals surface area contributed by atoms with Gasteiger partial charge in [-0.05, 0) is 62.8 Å². The molecule has 1 unspecified atom stereocenters. The van der Waals surface area contributed by atoms with E-state index in [1.165, 1.54) is 5.56 Å². The molecule has 0 bridgehead atoms. The first-order valence-corrected chi connectivity index (χ1v) is 7.50. The topological polar surface area (TPSA) is 26.0 Å². The highest BCUT2D eigenvalue weighted by atomic mass is 79.9. The average molecular weight is 331 g/mol. The Labute approximate surface area is 119 Å². The number of nitrogens with two attached hydrogens (primary N) is 1. The lowest BCUT2D eigenvalue weighted by Gasteiger charge is -2.14. The molecule has 90 valence electrons. The van der Waals surface area contributed by atoms with Crippen LogP contribution in [0.25, 0.3) is 0 Å². The molecule has 0 aliphatic heterocycles. The summed E-state index contributed by atoms with van der Waals surface area (Å²) in [5.74, 6) is 0. The first kappa shape index (κ1) is 13.1. The van der Waals surface area contributed by atoms with Crippen molar-refractivity contribution >= 4 is 38.9 Å². The second-order valence-electron chi connectivity index (χ2n) is 3.92. The number of aryl methyl sites for hydroxylation is 1. The van der Waals surface area contributed by atoms with Crippen LogP contribution in [-0.4, -0.2) is 0 Å². The first-order valence-electron chi connectivity index (χ1n) is 5.39. The lowest BCUT2D eigenvalue weighted by atomic mass is 10.0. The maximum atomic E-state index is 6.22. The molecule has 2 aromatic rings. The van der Waals surface area contributed by atoms with Gasteiger partial charge < -0.3 is 5.73 Å². The normalized spacial score (nSPS) is 12.6. The molecular weight excluding hydrogens is 318 g/mol. The van der Waals surface area contributed by atoms with Crippen molar-refractivity contribution in [3.05, 3.63) is 55.6 Å². The summed E-state index contributed by atoms with van der Waals surface area (Å²) < 4.78 is 0.905. The van der Waals surface area contributed by atoms with Gasteiger partial charge in [0.05, 0.1) is 5.02 Å². The minimum absolute atomic E-state index is 0.0140. The Kier molecular flexibility index (Phi) is 4.62. The molecule has 1 atom stereocenters. The van der Waals surface area contributed by atoms with Crippen LogP contribution < -0.4 is 5.73 Å². The number of hydrogen-bond donors (Lipinski definition) is 1. The fraction of sp³-hybridized carbons (Fsp3) is 0.231. The minimum atomic E-state index is -0.0140. The van der Waals surface area contributed by atoms with Gasteiger partial charge in [0.2, 0.25) is 0 Å². The monoisotopic (exact) mass is 329 g/mol. The van der Waals surface area contributed by atoms with Crippen molar-refractivity contribution in [3.8, 4) is 0 Å². The molecule has 0 aliphatic rings. The summed E-state index contributed by atoms with van der Waals surface area (Å²) in [5, 5.41) is 4.98. The summed E-state index contributed by atoms with van der Waals surface area (Å²) in [7, 11) is 0. The van der Waals surface area contributed by atoms with Gasteiger partial charge in [0.15, 0.2) is 0 Å². The Morgan fingerprint density at radius 2 is 2.18 bits per heavy atom. The molecule has 0 radical (unpaired) electrons. The quantitative estimate of drug-likeness (QED) is 0.856. The van der Waals surface area contributed by atoms with Crippen LogP contribution in [0.3, 0.4) is 0 Å². The second kappa shape index (κ2) is 6.01. The van der Waals surface area contributed by atoms with Crippen LogP contribution in [0.5, 0.6) is 0 Å². The van der Waals surface area contributed by atoms with E-state index in [1.54, 1.807) is 11.3 Å². The zero-order valence-corrected chi connectivity index (χ0v) is 12.4. The summed E-state index contributed by atoms with van der Waals surface area (Å²) in [6.45, 7) is 0. The second-order valence-corrected chi connectivity index (χ2v) is 5.93. The molecule has 4 heteroatoms. The molecule has 1 nitrogen and oxygen atoms in total. The summed E-state index contributed by atoms with van der Waals surface area (Å²) in [6, 6.07) is 8.01. The van der Waals surface area contributed by atoms with Crippen LogP contribution in [0.15, 0.2) is 39.5 Å². The molecule has 0 spiro atoms. The number of thiophene rings is 1. The Balaban J connectivity index is 2.04. The number of hydrogen-bond acceptors (Lipinski definition) is 2. The fourth-order valence-electron chi connectivity index (χ4n) is 1.72. The van der Waals surface area contributed by atoms with Crippen molar-refractivity contribution in [1.29, 1.82) is 0 Å². The lowest BCUT2D eigenvalue weighted by molar-refractivity contribution is 0.652. The number of benzene rings is 1. The zero-order chi connectivity index (χ0) is 12.3. The van der Waals surface area contributed by atoms with Crippen LogP contribution in [0.2, 0.25) is 5.02 Å². The molecule has 1 aromatic carbocycles. The molecule has 1 heterocycles. The van der Waals surface area contributed by atoms with Crippen molar-refractivity contribution < 1.29 is 0 Å². The third kappa shape index (κ3) is 3.32. The van der Waals surface area contributed by atoms with Crippen molar-refractivity contribution in [3.63, 3.8) is 0 Å². The summed E-state index contributed by atoms with van der Waals surface area (Å²) in [4.78, 5) is 0. The summed E-state index contributed by atoms with van der Waals surface area (Å²) in [6.07, 6.45) is 1.90. The predicted octanol–water partition coefficient (Wildman–Crippen LogP) is 4.80. The van der Waals surface area contributed by atoms with Crippen LogP contribution in [0.1, 0.15) is 23.6 Å². The van der Waals surface area contributed by atoms with Gasteiger partial charge in [0.25, 0.3) is 0 Å². The maximum absolute atomic E-state index is 6.22. The van der Waals surface area contributed by atoms with Gasteiger partial charge in [-0.15, -0.1) is 0 Å². The molecule has 1 aromatic heterocycles. The first-order chi connectivity index (χ1) is 8.18. The van der Waals surface area contributed by atoms with E-state index in [0.29, 0.717) is 0 Å². The van der Waals surface area contributed by atoms with E-state index in [0.717, 1.165) is 27.9 Å². The minimum Gasteiger partial charge on any atom is -0.324 e. The highest BCUT2D eigenvalue weighted by molar-refractivity contribution is 9.10. The average Bonchev–Trinajstić information content (AvgIpc) is 2.82. The highest BCUT2D eigenvalue weighted by Crippen LogP contribution is 2.31. The predicted molar refractivity (Wildman–Crippen MR) is 78.7 cm³/mol. The van der Waals surface area contributed by atoms with Crippen LogP contribution in [0.4, 0.5) is 0 Å². The molecule has 0 saturated heterocycles. The molecule has 2 rings (SSSR count). The van der Waals surface area contributed by atoms with Gasteiger partial charge in [0.1, 0.15) is 0 Å². The van der Waals surface area contributed by atoms with Gasteiger partial charge in [0, 0.05) is 10.5 Å². The Morgan fingerprint density at radius 1 is 1.35 bits per heavy atom. The third-order valence-corrected chi connectivity index (χ3v) is 4.75. The van der Waals surface area contributed by atoms with E-state index in [9.17, 15) is 0 Å². The largest absolute Gasteiger partial charge is 0.324 e. The van der Waals surface area contributed by atoms with Crippen molar-refractivity contribution in [2.75, 3.05) is 0 Å². The Morgan fingerprint density at radius 3 is 2.88 bits per heavy atom. The molecule has 17 heavy (non-hydrogen) atoms. The van der Waals surface area contributed by atoms with E-state index in [4.69, 9.17) is 17.3 Å². The van der Waals surface area contributed by atoms with Gasteiger partial charge in [-0.2, -0.15) is 11.3 Å². The van der Waals surface area contributed by atoms with Gasteiger partial charge in [-0.1, -0.05) is 23.7 Å². The standard InChI is InChI=1S/C13H13BrClNS/c14-11-3-1-2-10(13(11)15)12(16)5-4-9-6-7-17-8-9/h1-3,6-8,12H,4-5,16H2. The van der Waals surface area contributed by atoms with E-state index < -0.39 is 0 Å². The van der Waals surface area contributed by atoms with Gasteiger partial charge >= 0.3 is 0 Å². The van der Waals surface area contributed by atoms with Crippen molar-refractivity contribution in [1.82, 2.24) is 0 Å². The summed E-state index contributed by atoms with van der Waals surface area (Å²) >= 11 is 11.4. The van der Waals surface area contributed by atoms with Crippen LogP contribution in [-0.2, 0) is 6.42 Å². The molecule has 0 amide bonds. The Bertz CT molecular complexity index is 484. The molecule has 2 N–H and O–H groups in total. The maximum Gasteiger partial charge on any atom is 0.0595 e. The molecular formula is C13H13BrClNS. The zero-order valence-electron chi connectivity index (χ0n) is 9.20. The van der Waals surface area contributed by atoms with Gasteiger partial charge in [-0.25, -0.2) is 0 Å². The Hall–Kier alpha value is -0.350. The smallest absolute Gasteiger partial charge is 0.0595 e. The van der Waals surface area contributed by atoms with E-state index in [1.807, 2.05) is 18.2 Å². The van der Waals surface area contributed by atoms with Crippen LogP contribution >= 0.6 is 38.9 Å². The van der Waals surface area contributed by atoms with Crippen molar-refractivity contribution in [2.24, 2.45) is 5.73 Å². The van der Waals surface area contributed by atoms with E-state index in [2.05, 4.69) is 32.8 Å².